The second-order valence-corrected chi connectivity index (χ2v) is 24.0. The summed E-state index contributed by atoms with van der Waals surface area (Å²) in [5.41, 5.74) is 20.7. The van der Waals surface area contributed by atoms with E-state index in [0.29, 0.717) is 16.5 Å². The summed E-state index contributed by atoms with van der Waals surface area (Å²) in [5.74, 6) is 0. The van der Waals surface area contributed by atoms with Crippen molar-refractivity contribution < 1.29 is 0 Å². The second kappa shape index (κ2) is 15.3. The van der Waals surface area contributed by atoms with Crippen LogP contribution in [0, 0.1) is 0 Å². The fourth-order valence-electron chi connectivity index (χ4n) is 11.8. The van der Waals surface area contributed by atoms with E-state index in [1.807, 2.05) is 0 Å². The van der Waals surface area contributed by atoms with E-state index in [1.165, 1.54) is 115 Å². The van der Waals surface area contributed by atoms with Gasteiger partial charge in [-0.05, 0) is 0 Å². The molecule has 1 aliphatic carbocycles. The number of fused-ring (bicyclic) bond motifs is 8. The third kappa shape index (κ3) is 5.83. The summed E-state index contributed by atoms with van der Waals surface area (Å²) >= 11 is -0.681. The molecule has 0 fully saturated rings. The summed E-state index contributed by atoms with van der Waals surface area (Å²) in [6.07, 6.45) is 0. The predicted octanol–water partition coefficient (Wildman–Crippen LogP) is 12.1. The van der Waals surface area contributed by atoms with Gasteiger partial charge in [-0.2, -0.15) is 0 Å². The number of rotatable bonds is 6. The molecule has 11 aromatic rings. The van der Waals surface area contributed by atoms with Crippen molar-refractivity contribution >= 4 is 66.7 Å². The first-order valence-corrected chi connectivity index (χ1v) is 28.0. The van der Waals surface area contributed by atoms with Crippen molar-refractivity contribution in [1.82, 2.24) is 0 Å². The average molecular weight is 946 g/mol. The molecule has 0 amide bonds. The van der Waals surface area contributed by atoms with E-state index in [1.54, 1.807) is 8.79 Å². The average Bonchev–Trinajstić information content (AvgIpc) is 3.91. The van der Waals surface area contributed by atoms with E-state index in [9.17, 15) is 0 Å². The normalized spacial score (nSPS) is 13.5. The molecule has 11 aromatic carbocycles. The van der Waals surface area contributed by atoms with Gasteiger partial charge in [-0.25, -0.2) is 0 Å². The zero-order valence-corrected chi connectivity index (χ0v) is 43.4. The van der Waals surface area contributed by atoms with Crippen LogP contribution in [-0.2, 0) is 5.41 Å². The maximum atomic E-state index is 2.54. The summed E-state index contributed by atoms with van der Waals surface area (Å²) in [4.78, 5) is 0. The molecule has 0 atom stereocenters. The van der Waals surface area contributed by atoms with Gasteiger partial charge in [-0.3, -0.25) is 0 Å². The standard InChI is InChI=1S/C63H44Ge2/c64-58-36-11-8-24-45(58)41-19-13-18-40(38-41)44-27-14-29-48-54(44)39-55-46(50-31-16-32-51-47-25-9-12-37-59(47)65-62(50)51)28-15-30-49(55)60(48)53-33-17-35-57-61(53)52-26-7-10-34-56(52)63(57,42-20-3-1-4-21-42)43-22-5-2-6-23-43/h1-39H,65H2,64H3. The van der Waals surface area contributed by atoms with Crippen LogP contribution in [0.5, 0.6) is 0 Å². The van der Waals surface area contributed by atoms with Gasteiger partial charge in [-0.1, -0.05) is 36.4 Å². The van der Waals surface area contributed by atoms with Crippen molar-refractivity contribution in [3.8, 4) is 66.8 Å². The monoisotopic (exact) mass is 948 g/mol. The van der Waals surface area contributed by atoms with Crippen LogP contribution in [0.4, 0.5) is 0 Å². The Hall–Kier alpha value is -6.97. The van der Waals surface area contributed by atoms with E-state index in [-0.39, 0.29) is 0 Å². The van der Waals surface area contributed by atoms with Gasteiger partial charge in [0.2, 0.25) is 0 Å². The summed E-state index contributed by atoms with van der Waals surface area (Å²) in [5, 5.41) is 5.14. The molecule has 0 radical (unpaired) electrons. The van der Waals surface area contributed by atoms with Crippen molar-refractivity contribution in [3.63, 3.8) is 0 Å². The second-order valence-electron chi connectivity index (χ2n) is 17.9. The quantitative estimate of drug-likeness (QED) is 0.115. The maximum absolute atomic E-state index is 2.54. The summed E-state index contributed by atoms with van der Waals surface area (Å²) in [6, 6.07) is 89.8. The van der Waals surface area contributed by atoms with Crippen LogP contribution in [0.2, 0.25) is 0 Å². The SMILES string of the molecule is [GeH3][c]1ccccc1-c1cccc(-c2cccc3c(-c4cccc5c4-c4ccccc4C5(c4ccccc4)c4ccccc4)c4cccc(-c5cccc6[c]5[GeH2][c]5ccccc5-6)c4cc23)c1. The third-order valence-electron chi connectivity index (χ3n) is 14.6. The molecule has 304 valence electrons. The molecule has 1 aliphatic heterocycles. The fourth-order valence-corrected chi connectivity index (χ4v) is 17.6. The van der Waals surface area contributed by atoms with Gasteiger partial charge in [0.1, 0.15) is 0 Å². The van der Waals surface area contributed by atoms with Crippen LogP contribution >= 0.6 is 0 Å². The minimum atomic E-state index is -1.25. The molecule has 0 N–H and O–H groups in total. The first kappa shape index (κ1) is 38.5. The van der Waals surface area contributed by atoms with Crippen LogP contribution in [0.3, 0.4) is 0 Å². The summed E-state index contributed by atoms with van der Waals surface area (Å²) < 4.78 is 4.66. The van der Waals surface area contributed by atoms with Crippen molar-refractivity contribution in [2.45, 2.75) is 5.41 Å². The molecule has 13 rings (SSSR count). The van der Waals surface area contributed by atoms with Crippen LogP contribution in [-0.4, -0.2) is 31.9 Å². The number of benzene rings is 11. The van der Waals surface area contributed by atoms with Gasteiger partial charge in [0, 0.05) is 0 Å². The number of hydrogen-bond acceptors (Lipinski definition) is 0. The molecule has 0 spiro atoms. The van der Waals surface area contributed by atoms with Gasteiger partial charge >= 0.3 is 361 Å². The zero-order chi connectivity index (χ0) is 43.1. The Kier molecular flexibility index (Phi) is 9.08. The van der Waals surface area contributed by atoms with E-state index >= 15 is 0 Å². The van der Waals surface area contributed by atoms with Crippen molar-refractivity contribution in [2.75, 3.05) is 0 Å². The van der Waals surface area contributed by atoms with E-state index in [0.717, 1.165) is 0 Å². The first-order valence-electron chi connectivity index (χ1n) is 22.9. The van der Waals surface area contributed by atoms with E-state index in [2.05, 4.69) is 237 Å². The van der Waals surface area contributed by atoms with Crippen LogP contribution < -0.4 is 13.2 Å². The van der Waals surface area contributed by atoms with Crippen molar-refractivity contribution in [2.24, 2.45) is 0 Å². The van der Waals surface area contributed by atoms with Gasteiger partial charge in [0.15, 0.2) is 0 Å². The van der Waals surface area contributed by atoms with Crippen molar-refractivity contribution in [3.05, 3.63) is 259 Å². The van der Waals surface area contributed by atoms with Gasteiger partial charge < -0.3 is 0 Å². The van der Waals surface area contributed by atoms with Crippen LogP contribution in [0.1, 0.15) is 22.3 Å². The molecule has 1 heterocycles. The molecule has 2 heteroatoms. The molecule has 0 bridgehead atoms. The molecule has 0 unspecified atom stereocenters. The van der Waals surface area contributed by atoms with Crippen LogP contribution in [0.25, 0.3) is 88.3 Å². The zero-order valence-electron chi connectivity index (χ0n) is 36.2. The summed E-state index contributed by atoms with van der Waals surface area (Å²) in [6.45, 7) is 0. The fraction of sp³-hybridized carbons (Fsp3) is 0.0159. The Morgan fingerprint density at radius 3 is 1.54 bits per heavy atom. The van der Waals surface area contributed by atoms with Crippen LogP contribution in [0.15, 0.2) is 237 Å². The predicted molar refractivity (Wildman–Crippen MR) is 283 cm³/mol. The Bertz CT molecular complexity index is 3660. The van der Waals surface area contributed by atoms with E-state index < -0.39 is 20.8 Å². The van der Waals surface area contributed by atoms with Gasteiger partial charge in [-0.15, -0.1) is 0 Å². The Labute approximate surface area is 395 Å². The molecular formula is C63H44Ge2. The molecule has 65 heavy (non-hydrogen) atoms. The number of hydrogen-bond donors (Lipinski definition) is 0. The summed E-state index contributed by atoms with van der Waals surface area (Å²) in [7, 11) is 0. The minimum absolute atomic E-state index is 0.493. The topological polar surface area (TPSA) is 0 Å². The van der Waals surface area contributed by atoms with E-state index in [4.69, 9.17) is 0 Å². The Morgan fingerprint density at radius 2 is 0.800 bits per heavy atom. The van der Waals surface area contributed by atoms with Crippen molar-refractivity contribution in [1.29, 1.82) is 0 Å². The Morgan fingerprint density at radius 1 is 0.308 bits per heavy atom. The molecular weight excluding hydrogens is 902 g/mol. The van der Waals surface area contributed by atoms with Gasteiger partial charge in [0.05, 0.1) is 0 Å². The molecule has 0 aromatic heterocycles. The molecule has 0 saturated carbocycles. The first-order chi connectivity index (χ1) is 32.2. The molecule has 0 nitrogen and oxygen atoms in total. The molecule has 0 saturated heterocycles. The third-order valence-corrected chi connectivity index (χ3v) is 20.8. The molecule has 2 aliphatic rings. The Balaban J connectivity index is 1.15. The van der Waals surface area contributed by atoms with Gasteiger partial charge in [0.25, 0.3) is 0 Å².